The fourth-order valence-corrected chi connectivity index (χ4v) is 1.82. The number of nitrogens with zero attached hydrogens (tertiary/aromatic N) is 9. The van der Waals surface area contributed by atoms with Gasteiger partial charge in [-0.05, 0) is 41.7 Å². The first-order valence-corrected chi connectivity index (χ1v) is 6.38. The van der Waals surface area contributed by atoms with Gasteiger partial charge in [0.15, 0.2) is 5.82 Å². The van der Waals surface area contributed by atoms with E-state index < -0.39 is 11.9 Å². The van der Waals surface area contributed by atoms with Crippen molar-refractivity contribution in [1.29, 1.82) is 0 Å². The zero-order valence-electron chi connectivity index (χ0n) is 11.9. The molecule has 12 heteroatoms. The summed E-state index contributed by atoms with van der Waals surface area (Å²) < 4.78 is 0. The molecule has 2 aromatic rings. The van der Waals surface area contributed by atoms with Crippen LogP contribution in [-0.4, -0.2) is 26.5 Å². The van der Waals surface area contributed by atoms with E-state index in [9.17, 15) is 4.79 Å². The Labute approximate surface area is 129 Å². The van der Waals surface area contributed by atoms with Crippen LogP contribution in [0.4, 0.5) is 5.69 Å². The summed E-state index contributed by atoms with van der Waals surface area (Å²) in [5.74, 6) is -0.0849. The second-order valence-electron chi connectivity index (χ2n) is 4.43. The van der Waals surface area contributed by atoms with Crippen LogP contribution in [0.25, 0.3) is 20.9 Å². The molecule has 0 spiro atoms. The number of hydrogen-bond acceptors (Lipinski definition) is 6. The van der Waals surface area contributed by atoms with E-state index in [-0.39, 0.29) is 17.8 Å². The molecular weight excluding hydrogens is 302 g/mol. The third-order valence-corrected chi connectivity index (χ3v) is 2.81. The molecule has 2 rings (SSSR count). The van der Waals surface area contributed by atoms with Gasteiger partial charge < -0.3 is 5.32 Å². The number of aromatic nitrogens is 4. The van der Waals surface area contributed by atoms with Crippen LogP contribution in [0.3, 0.4) is 0 Å². The van der Waals surface area contributed by atoms with Crippen molar-refractivity contribution in [2.75, 3.05) is 0 Å². The van der Waals surface area contributed by atoms with Crippen LogP contribution < -0.4 is 5.32 Å². The average molecular weight is 313 g/mol. The van der Waals surface area contributed by atoms with Crippen molar-refractivity contribution in [1.82, 2.24) is 25.9 Å². The summed E-state index contributed by atoms with van der Waals surface area (Å²) in [6, 6.07) is 4.04. The van der Waals surface area contributed by atoms with Crippen LogP contribution in [-0.2, 0) is 6.54 Å². The van der Waals surface area contributed by atoms with Crippen molar-refractivity contribution < 1.29 is 4.79 Å². The van der Waals surface area contributed by atoms with Gasteiger partial charge in [0.1, 0.15) is 0 Å². The van der Waals surface area contributed by atoms with Crippen LogP contribution in [0.15, 0.2) is 28.4 Å². The molecule has 1 heterocycles. The van der Waals surface area contributed by atoms with E-state index in [1.165, 1.54) is 12.1 Å². The summed E-state index contributed by atoms with van der Waals surface area (Å²) >= 11 is 0. The van der Waals surface area contributed by atoms with Crippen molar-refractivity contribution in [2.45, 2.75) is 19.5 Å². The molecule has 0 fully saturated rings. The highest BCUT2D eigenvalue weighted by Gasteiger charge is 2.15. The van der Waals surface area contributed by atoms with Gasteiger partial charge in [-0.3, -0.25) is 4.79 Å². The van der Waals surface area contributed by atoms with Gasteiger partial charge in [-0.1, -0.05) is 15.4 Å². The molecule has 0 aliphatic carbocycles. The predicted molar refractivity (Wildman–Crippen MR) is 78.2 cm³/mol. The lowest BCUT2D eigenvalue weighted by molar-refractivity contribution is 0.0938. The number of hydrogen-bond donors (Lipinski definition) is 2. The second-order valence-corrected chi connectivity index (χ2v) is 4.43. The van der Waals surface area contributed by atoms with Gasteiger partial charge in [0.2, 0.25) is 0 Å². The van der Waals surface area contributed by atoms with Crippen molar-refractivity contribution in [3.63, 3.8) is 0 Å². The van der Waals surface area contributed by atoms with Gasteiger partial charge in [-0.15, -0.1) is 10.2 Å². The molecular formula is C11H11N11O. The Kier molecular flexibility index (Phi) is 5.08. The Balaban J connectivity index is 2.25. The fraction of sp³-hybridized carbons (Fsp3) is 0.273. The minimum absolute atomic E-state index is 0.0337. The molecule has 2 N–H and O–H groups in total. The summed E-state index contributed by atoms with van der Waals surface area (Å²) in [4.78, 5) is 17.6. The van der Waals surface area contributed by atoms with Gasteiger partial charge in [0.25, 0.3) is 5.91 Å². The number of benzene rings is 1. The van der Waals surface area contributed by atoms with Crippen molar-refractivity contribution in [3.8, 4) is 0 Å². The summed E-state index contributed by atoms with van der Waals surface area (Å²) in [7, 11) is 0. The maximum Gasteiger partial charge on any atom is 0.251 e. The number of carbonyl (C=O) groups is 1. The minimum atomic E-state index is -0.468. The van der Waals surface area contributed by atoms with Gasteiger partial charge in [-0.2, -0.15) is 5.21 Å². The van der Waals surface area contributed by atoms with E-state index in [2.05, 4.69) is 46.0 Å². The zero-order chi connectivity index (χ0) is 16.7. The molecule has 0 bridgehead atoms. The van der Waals surface area contributed by atoms with Crippen LogP contribution in [0.1, 0.15) is 34.7 Å². The number of carbonyl (C=O) groups excluding carboxylic acids is 1. The van der Waals surface area contributed by atoms with Gasteiger partial charge in [0, 0.05) is 21.1 Å². The number of nitrogens with one attached hydrogen (secondary N) is 2. The highest BCUT2D eigenvalue weighted by molar-refractivity contribution is 5.95. The van der Waals surface area contributed by atoms with E-state index in [4.69, 9.17) is 11.1 Å². The molecule has 1 aromatic heterocycles. The topological polar surface area (TPSA) is 181 Å². The normalized spacial score (nSPS) is 11.0. The first-order valence-electron chi connectivity index (χ1n) is 6.38. The zero-order valence-corrected chi connectivity index (χ0v) is 11.9. The lowest BCUT2D eigenvalue weighted by Crippen LogP contribution is -2.27. The number of tetrazole rings is 1. The molecule has 0 radical (unpaired) electrons. The summed E-state index contributed by atoms with van der Waals surface area (Å²) in [6.45, 7) is 1.73. The molecule has 116 valence electrons. The molecule has 0 saturated heterocycles. The Bertz CT molecular complexity index is 786. The van der Waals surface area contributed by atoms with Crippen LogP contribution in [0.5, 0.6) is 0 Å². The number of H-pyrrole nitrogens is 1. The lowest BCUT2D eigenvalue weighted by Gasteiger charge is -2.11. The van der Waals surface area contributed by atoms with Crippen molar-refractivity contribution >= 4 is 11.6 Å². The van der Waals surface area contributed by atoms with E-state index in [1.54, 1.807) is 13.0 Å². The molecule has 0 saturated carbocycles. The first-order chi connectivity index (χ1) is 11.1. The number of amides is 1. The number of rotatable bonds is 6. The Hall–Kier alpha value is -3.62. The molecule has 1 atom stereocenters. The van der Waals surface area contributed by atoms with Crippen molar-refractivity contribution in [3.05, 3.63) is 56.0 Å². The van der Waals surface area contributed by atoms with Gasteiger partial charge in [-0.25, -0.2) is 0 Å². The average Bonchev–Trinajstić information content (AvgIpc) is 3.07. The number of azide groups is 2. The first kappa shape index (κ1) is 15.8. The van der Waals surface area contributed by atoms with Gasteiger partial charge in [0.05, 0.1) is 12.6 Å². The van der Waals surface area contributed by atoms with Crippen LogP contribution >= 0.6 is 0 Å². The molecule has 1 unspecified atom stereocenters. The Morgan fingerprint density at radius 2 is 2.22 bits per heavy atom. The van der Waals surface area contributed by atoms with E-state index in [0.29, 0.717) is 11.4 Å². The summed E-state index contributed by atoms with van der Waals surface area (Å²) in [5, 5.41) is 22.9. The quantitative estimate of drug-likeness (QED) is 0.472. The molecule has 0 aliphatic heterocycles. The molecule has 0 aliphatic rings. The van der Waals surface area contributed by atoms with Crippen LogP contribution in [0, 0.1) is 0 Å². The Morgan fingerprint density at radius 3 is 2.87 bits per heavy atom. The molecule has 1 amide bonds. The predicted octanol–water partition coefficient (Wildman–Crippen LogP) is 2.44. The molecule has 12 nitrogen and oxygen atoms in total. The third kappa shape index (κ3) is 4.17. The number of aromatic amines is 1. The second kappa shape index (κ2) is 7.41. The van der Waals surface area contributed by atoms with Crippen LogP contribution in [0.2, 0.25) is 0 Å². The maximum absolute atomic E-state index is 12.3. The molecule has 23 heavy (non-hydrogen) atoms. The van der Waals surface area contributed by atoms with E-state index in [0.717, 1.165) is 0 Å². The van der Waals surface area contributed by atoms with E-state index >= 15 is 0 Å². The minimum Gasteiger partial charge on any atom is -0.342 e. The summed E-state index contributed by atoms with van der Waals surface area (Å²) in [5.41, 5.74) is 18.0. The SMILES string of the molecule is CC(NC(=O)c1cc(CN=[N+]=[N-])cc(N=[N+]=[N-])c1)c1nn[nH]n1. The third-order valence-electron chi connectivity index (χ3n) is 2.81. The fourth-order valence-electron chi connectivity index (χ4n) is 1.82. The highest BCUT2D eigenvalue weighted by atomic mass is 16.1. The standard InChI is InChI=1S/C11H11N11O/c1-6(10-17-21-22-18-10)15-11(23)8-2-7(5-14-19-12)3-9(4-8)16-20-13/h2-4,6H,5H2,1H3,(H,15,23)(H,17,18,21,22). The largest absolute Gasteiger partial charge is 0.342 e. The highest BCUT2D eigenvalue weighted by Crippen LogP contribution is 2.20. The maximum atomic E-state index is 12.3. The van der Waals surface area contributed by atoms with Gasteiger partial charge >= 0.3 is 0 Å². The molecule has 1 aromatic carbocycles. The Morgan fingerprint density at radius 1 is 1.39 bits per heavy atom. The summed E-state index contributed by atoms with van der Waals surface area (Å²) in [6.07, 6.45) is 0. The van der Waals surface area contributed by atoms with Crippen molar-refractivity contribution in [2.24, 2.45) is 10.2 Å². The monoisotopic (exact) mass is 313 g/mol. The van der Waals surface area contributed by atoms with E-state index in [1.807, 2.05) is 0 Å². The smallest absolute Gasteiger partial charge is 0.251 e. The lowest BCUT2D eigenvalue weighted by atomic mass is 10.1.